The summed E-state index contributed by atoms with van der Waals surface area (Å²) in [5, 5.41) is 8.09. The van der Waals surface area contributed by atoms with Crippen molar-refractivity contribution in [2.45, 2.75) is 40.8 Å². The highest BCUT2D eigenvalue weighted by Crippen LogP contribution is 2.02. The van der Waals surface area contributed by atoms with Gasteiger partial charge < -0.3 is 4.74 Å². The molecular formula is C11H21N3O. The molecule has 0 saturated carbocycles. The normalized spacial score (nSPS) is 11.6. The van der Waals surface area contributed by atoms with Gasteiger partial charge in [-0.25, -0.2) is 0 Å². The van der Waals surface area contributed by atoms with E-state index in [1.54, 1.807) is 0 Å². The SMILES string of the molecule is CC(C)COCc1cn(CC(C)C)nn1. The quantitative estimate of drug-likeness (QED) is 0.723. The van der Waals surface area contributed by atoms with E-state index in [0.717, 1.165) is 18.8 Å². The van der Waals surface area contributed by atoms with Gasteiger partial charge in [-0.2, -0.15) is 0 Å². The minimum absolute atomic E-state index is 0.565. The van der Waals surface area contributed by atoms with Gasteiger partial charge in [0.25, 0.3) is 0 Å². The zero-order valence-electron chi connectivity index (χ0n) is 10.1. The van der Waals surface area contributed by atoms with Crippen LogP contribution in [0.3, 0.4) is 0 Å². The van der Waals surface area contributed by atoms with Crippen LogP contribution in [0, 0.1) is 11.8 Å². The zero-order valence-corrected chi connectivity index (χ0v) is 10.1. The fraction of sp³-hybridized carbons (Fsp3) is 0.818. The molecule has 86 valence electrons. The highest BCUT2D eigenvalue weighted by atomic mass is 16.5. The van der Waals surface area contributed by atoms with Crippen molar-refractivity contribution >= 4 is 0 Å². The molecule has 0 spiro atoms. The van der Waals surface area contributed by atoms with Crippen molar-refractivity contribution in [2.24, 2.45) is 11.8 Å². The van der Waals surface area contributed by atoms with Gasteiger partial charge in [0, 0.05) is 13.2 Å². The fourth-order valence-corrected chi connectivity index (χ4v) is 1.27. The van der Waals surface area contributed by atoms with Crippen LogP contribution in [0.4, 0.5) is 0 Å². The predicted molar refractivity (Wildman–Crippen MR) is 59.4 cm³/mol. The molecule has 1 heterocycles. The maximum absolute atomic E-state index is 5.48. The lowest BCUT2D eigenvalue weighted by molar-refractivity contribution is 0.0947. The van der Waals surface area contributed by atoms with Crippen LogP contribution in [-0.4, -0.2) is 21.6 Å². The zero-order chi connectivity index (χ0) is 11.3. The molecule has 15 heavy (non-hydrogen) atoms. The Labute approximate surface area is 91.6 Å². The highest BCUT2D eigenvalue weighted by Gasteiger charge is 2.03. The Kier molecular flexibility index (Phi) is 4.75. The van der Waals surface area contributed by atoms with Crippen LogP contribution in [-0.2, 0) is 17.9 Å². The van der Waals surface area contributed by atoms with Crippen LogP contribution in [0.1, 0.15) is 33.4 Å². The summed E-state index contributed by atoms with van der Waals surface area (Å²) in [6.45, 7) is 10.9. The molecule has 0 aliphatic rings. The summed E-state index contributed by atoms with van der Waals surface area (Å²) in [6, 6.07) is 0. The molecule has 4 heteroatoms. The summed E-state index contributed by atoms with van der Waals surface area (Å²) in [7, 11) is 0. The van der Waals surface area contributed by atoms with Gasteiger partial charge in [0.1, 0.15) is 5.69 Å². The Morgan fingerprint density at radius 3 is 2.60 bits per heavy atom. The van der Waals surface area contributed by atoms with Crippen LogP contribution in [0.15, 0.2) is 6.20 Å². The smallest absolute Gasteiger partial charge is 0.108 e. The van der Waals surface area contributed by atoms with E-state index in [9.17, 15) is 0 Å². The molecule has 0 radical (unpaired) electrons. The third kappa shape index (κ3) is 4.93. The van der Waals surface area contributed by atoms with Crippen molar-refractivity contribution in [2.75, 3.05) is 6.61 Å². The van der Waals surface area contributed by atoms with Crippen LogP contribution in [0.5, 0.6) is 0 Å². The lowest BCUT2D eigenvalue weighted by atomic mass is 10.2. The second-order valence-electron chi connectivity index (χ2n) is 4.73. The summed E-state index contributed by atoms with van der Waals surface area (Å²) < 4.78 is 7.36. The molecular weight excluding hydrogens is 190 g/mol. The molecule has 1 aromatic heterocycles. The number of hydrogen-bond donors (Lipinski definition) is 0. The van der Waals surface area contributed by atoms with Crippen LogP contribution >= 0.6 is 0 Å². The standard InChI is InChI=1S/C11H21N3O/c1-9(2)5-14-6-11(12-13-14)8-15-7-10(3)4/h6,9-10H,5,7-8H2,1-4H3. The first-order valence-electron chi connectivity index (χ1n) is 5.54. The molecule has 0 unspecified atom stereocenters. The Balaban J connectivity index is 2.33. The molecule has 0 amide bonds. The molecule has 0 bridgehead atoms. The Morgan fingerprint density at radius 1 is 1.27 bits per heavy atom. The lowest BCUT2D eigenvalue weighted by Gasteiger charge is -2.04. The van der Waals surface area contributed by atoms with Gasteiger partial charge in [-0.15, -0.1) is 5.10 Å². The van der Waals surface area contributed by atoms with Crippen LogP contribution < -0.4 is 0 Å². The topological polar surface area (TPSA) is 39.9 Å². The maximum atomic E-state index is 5.48. The summed E-state index contributed by atoms with van der Waals surface area (Å²) in [6.07, 6.45) is 1.96. The largest absolute Gasteiger partial charge is 0.375 e. The van der Waals surface area contributed by atoms with Gasteiger partial charge >= 0.3 is 0 Å². The van der Waals surface area contributed by atoms with Crippen molar-refractivity contribution in [3.05, 3.63) is 11.9 Å². The fourth-order valence-electron chi connectivity index (χ4n) is 1.27. The average Bonchev–Trinajstić information content (AvgIpc) is 2.50. The average molecular weight is 211 g/mol. The third-order valence-electron chi connectivity index (χ3n) is 1.84. The Hall–Kier alpha value is -0.900. The first-order chi connectivity index (χ1) is 7.08. The molecule has 0 fully saturated rings. The van der Waals surface area contributed by atoms with Gasteiger partial charge in [-0.3, -0.25) is 4.68 Å². The van der Waals surface area contributed by atoms with Crippen molar-refractivity contribution in [1.29, 1.82) is 0 Å². The minimum atomic E-state index is 0.565. The number of ether oxygens (including phenoxy) is 1. The molecule has 0 saturated heterocycles. The third-order valence-corrected chi connectivity index (χ3v) is 1.84. The van der Waals surface area contributed by atoms with Gasteiger partial charge in [-0.05, 0) is 11.8 Å². The minimum Gasteiger partial charge on any atom is -0.375 e. The molecule has 1 rings (SSSR count). The molecule has 0 aliphatic carbocycles. The predicted octanol–water partition coefficient (Wildman–Crippen LogP) is 2.11. The lowest BCUT2D eigenvalue weighted by Crippen LogP contribution is -2.04. The van der Waals surface area contributed by atoms with E-state index in [1.165, 1.54) is 0 Å². The molecule has 0 aromatic carbocycles. The molecule has 0 N–H and O–H groups in total. The summed E-state index contributed by atoms with van der Waals surface area (Å²) >= 11 is 0. The molecule has 0 atom stereocenters. The Morgan fingerprint density at radius 2 is 2.00 bits per heavy atom. The van der Waals surface area contributed by atoms with Crippen LogP contribution in [0.25, 0.3) is 0 Å². The van der Waals surface area contributed by atoms with Gasteiger partial charge in [0.2, 0.25) is 0 Å². The summed E-state index contributed by atoms with van der Waals surface area (Å²) in [5.41, 5.74) is 0.913. The summed E-state index contributed by atoms with van der Waals surface area (Å²) in [4.78, 5) is 0. The van der Waals surface area contributed by atoms with E-state index in [0.29, 0.717) is 18.4 Å². The first kappa shape index (κ1) is 12.2. The maximum Gasteiger partial charge on any atom is 0.108 e. The van der Waals surface area contributed by atoms with E-state index in [1.807, 2.05) is 10.9 Å². The first-order valence-corrected chi connectivity index (χ1v) is 5.54. The Bertz CT molecular complexity index is 281. The highest BCUT2D eigenvalue weighted by molar-refractivity contribution is 4.89. The van der Waals surface area contributed by atoms with Crippen molar-refractivity contribution in [3.8, 4) is 0 Å². The van der Waals surface area contributed by atoms with E-state index in [2.05, 4.69) is 38.0 Å². The summed E-state index contributed by atoms with van der Waals surface area (Å²) in [5.74, 6) is 1.16. The molecule has 1 aromatic rings. The van der Waals surface area contributed by atoms with E-state index in [4.69, 9.17) is 4.74 Å². The molecule has 4 nitrogen and oxygen atoms in total. The van der Waals surface area contributed by atoms with Gasteiger partial charge in [-0.1, -0.05) is 32.9 Å². The van der Waals surface area contributed by atoms with E-state index >= 15 is 0 Å². The van der Waals surface area contributed by atoms with E-state index in [-0.39, 0.29) is 0 Å². The number of nitrogens with zero attached hydrogens (tertiary/aromatic N) is 3. The number of rotatable bonds is 6. The van der Waals surface area contributed by atoms with Crippen molar-refractivity contribution in [3.63, 3.8) is 0 Å². The monoisotopic (exact) mass is 211 g/mol. The number of hydrogen-bond acceptors (Lipinski definition) is 3. The van der Waals surface area contributed by atoms with Crippen molar-refractivity contribution in [1.82, 2.24) is 15.0 Å². The van der Waals surface area contributed by atoms with E-state index < -0.39 is 0 Å². The second-order valence-corrected chi connectivity index (χ2v) is 4.73. The van der Waals surface area contributed by atoms with Crippen molar-refractivity contribution < 1.29 is 4.74 Å². The van der Waals surface area contributed by atoms with Gasteiger partial charge in [0.05, 0.1) is 12.8 Å². The van der Waals surface area contributed by atoms with Crippen LogP contribution in [0.2, 0.25) is 0 Å². The molecule has 0 aliphatic heterocycles. The number of aromatic nitrogens is 3. The van der Waals surface area contributed by atoms with Gasteiger partial charge in [0.15, 0.2) is 0 Å². The second kappa shape index (κ2) is 5.85.